The van der Waals surface area contributed by atoms with Crippen LogP contribution in [0.2, 0.25) is 0 Å². The summed E-state index contributed by atoms with van der Waals surface area (Å²) in [6.07, 6.45) is 0. The Kier molecular flexibility index (Phi) is 4.14. The third-order valence-corrected chi connectivity index (χ3v) is 3.52. The molecule has 0 unspecified atom stereocenters. The van der Waals surface area contributed by atoms with E-state index >= 15 is 0 Å². The Morgan fingerprint density at radius 3 is 2.70 bits per heavy atom. The molecular formula is C17H18N4O2. The van der Waals surface area contributed by atoms with E-state index in [2.05, 4.69) is 20.5 Å². The molecule has 1 heterocycles. The van der Waals surface area contributed by atoms with Gasteiger partial charge in [0.1, 0.15) is 11.5 Å². The van der Waals surface area contributed by atoms with E-state index in [0.29, 0.717) is 11.7 Å². The Labute approximate surface area is 134 Å². The summed E-state index contributed by atoms with van der Waals surface area (Å²) in [7, 11) is 3.25. The number of ether oxygens (including phenoxy) is 2. The highest BCUT2D eigenvalue weighted by atomic mass is 16.5. The fraction of sp³-hybridized carbons (Fsp3) is 0.176. The van der Waals surface area contributed by atoms with Gasteiger partial charge in [0.2, 0.25) is 5.95 Å². The fourth-order valence-electron chi connectivity index (χ4n) is 2.30. The zero-order chi connectivity index (χ0) is 16.2. The van der Waals surface area contributed by atoms with Gasteiger partial charge < -0.3 is 14.5 Å². The van der Waals surface area contributed by atoms with Crippen molar-refractivity contribution < 1.29 is 9.47 Å². The first kappa shape index (κ1) is 14.9. The van der Waals surface area contributed by atoms with Crippen LogP contribution < -0.4 is 14.9 Å². The maximum Gasteiger partial charge on any atom is 0.222 e. The standard InChI is InChI=1S/C17H18N4O2/c1-11(13-9-8-12(22-2)10-16(13)23-3)20-21-17-18-14-6-4-5-7-15(14)19-17/h4-10H,1-3H3,(H2,18,19,21). The molecule has 0 bridgehead atoms. The van der Waals surface area contributed by atoms with E-state index in [-0.39, 0.29) is 0 Å². The monoisotopic (exact) mass is 310 g/mol. The van der Waals surface area contributed by atoms with Crippen molar-refractivity contribution in [1.82, 2.24) is 9.97 Å². The number of H-pyrrole nitrogens is 1. The summed E-state index contributed by atoms with van der Waals surface area (Å²) >= 11 is 0. The van der Waals surface area contributed by atoms with E-state index in [1.807, 2.05) is 49.4 Å². The number of nitrogens with one attached hydrogen (secondary N) is 2. The number of imidazole rings is 1. The number of methoxy groups -OCH3 is 2. The average molecular weight is 310 g/mol. The number of hydrazone groups is 1. The molecule has 3 aromatic rings. The quantitative estimate of drug-likeness (QED) is 0.559. The highest BCUT2D eigenvalue weighted by Crippen LogP contribution is 2.25. The number of aromatic nitrogens is 2. The van der Waals surface area contributed by atoms with Gasteiger partial charge in [0.15, 0.2) is 0 Å². The Bertz CT molecular complexity index is 822. The molecule has 0 aliphatic rings. The molecule has 6 nitrogen and oxygen atoms in total. The summed E-state index contributed by atoms with van der Waals surface area (Å²) in [4.78, 5) is 7.59. The van der Waals surface area contributed by atoms with Crippen LogP contribution in [0.3, 0.4) is 0 Å². The van der Waals surface area contributed by atoms with Gasteiger partial charge in [-0.3, -0.25) is 0 Å². The summed E-state index contributed by atoms with van der Waals surface area (Å²) in [6.45, 7) is 1.90. The zero-order valence-electron chi connectivity index (χ0n) is 13.3. The van der Waals surface area contributed by atoms with Crippen molar-refractivity contribution in [1.29, 1.82) is 0 Å². The zero-order valence-corrected chi connectivity index (χ0v) is 13.3. The predicted octanol–water partition coefficient (Wildman–Crippen LogP) is 3.42. The normalized spacial score (nSPS) is 11.5. The first-order chi connectivity index (χ1) is 11.2. The second-order valence-electron chi connectivity index (χ2n) is 4.98. The SMILES string of the molecule is COc1ccc(C(C)=NNc2nc3ccccc3[nH]2)c(OC)c1. The fourth-order valence-corrected chi connectivity index (χ4v) is 2.30. The summed E-state index contributed by atoms with van der Waals surface area (Å²) in [6, 6.07) is 13.4. The van der Waals surface area contributed by atoms with E-state index in [4.69, 9.17) is 9.47 Å². The lowest BCUT2D eigenvalue weighted by atomic mass is 10.1. The number of hydrogen-bond donors (Lipinski definition) is 2. The van der Waals surface area contributed by atoms with Gasteiger partial charge in [0.05, 0.1) is 31.0 Å². The van der Waals surface area contributed by atoms with Crippen LogP contribution in [0.4, 0.5) is 5.95 Å². The molecule has 118 valence electrons. The number of aromatic amines is 1. The first-order valence-electron chi connectivity index (χ1n) is 7.18. The molecule has 6 heteroatoms. The van der Waals surface area contributed by atoms with Crippen LogP contribution in [-0.2, 0) is 0 Å². The van der Waals surface area contributed by atoms with E-state index in [9.17, 15) is 0 Å². The summed E-state index contributed by atoms with van der Waals surface area (Å²) in [5.74, 6) is 2.04. The summed E-state index contributed by atoms with van der Waals surface area (Å²) in [5.41, 5.74) is 6.47. The molecule has 0 radical (unpaired) electrons. The Balaban J connectivity index is 1.84. The number of hydrogen-bond acceptors (Lipinski definition) is 5. The lowest BCUT2D eigenvalue weighted by Gasteiger charge is -2.10. The van der Waals surface area contributed by atoms with Crippen LogP contribution in [-0.4, -0.2) is 29.9 Å². The molecule has 0 amide bonds. The van der Waals surface area contributed by atoms with Crippen LogP contribution >= 0.6 is 0 Å². The number of benzene rings is 2. The van der Waals surface area contributed by atoms with E-state index in [1.165, 1.54) is 0 Å². The van der Waals surface area contributed by atoms with Crippen LogP contribution in [0, 0.1) is 0 Å². The maximum atomic E-state index is 5.40. The van der Waals surface area contributed by atoms with Gasteiger partial charge >= 0.3 is 0 Å². The smallest absolute Gasteiger partial charge is 0.222 e. The molecule has 0 aliphatic carbocycles. The highest BCUT2D eigenvalue weighted by Gasteiger charge is 2.08. The molecular weight excluding hydrogens is 292 g/mol. The van der Waals surface area contributed by atoms with Crippen molar-refractivity contribution in [2.24, 2.45) is 5.10 Å². The maximum absolute atomic E-state index is 5.40. The van der Waals surface area contributed by atoms with Crippen LogP contribution in [0.25, 0.3) is 11.0 Å². The second-order valence-corrected chi connectivity index (χ2v) is 4.98. The average Bonchev–Trinajstić information content (AvgIpc) is 3.02. The topological polar surface area (TPSA) is 71.5 Å². The molecule has 2 aromatic carbocycles. The van der Waals surface area contributed by atoms with Crippen LogP contribution in [0.1, 0.15) is 12.5 Å². The highest BCUT2D eigenvalue weighted by molar-refractivity contribution is 6.01. The second kappa shape index (κ2) is 6.39. The van der Waals surface area contributed by atoms with Crippen molar-refractivity contribution in [3.63, 3.8) is 0 Å². The van der Waals surface area contributed by atoms with Gasteiger partial charge in [0, 0.05) is 11.6 Å². The molecule has 0 fully saturated rings. The van der Waals surface area contributed by atoms with Crippen LogP contribution in [0.15, 0.2) is 47.6 Å². The Morgan fingerprint density at radius 2 is 1.96 bits per heavy atom. The molecule has 1 aromatic heterocycles. The lowest BCUT2D eigenvalue weighted by Crippen LogP contribution is -2.03. The molecule has 2 N–H and O–H groups in total. The Hall–Kier alpha value is -3.02. The molecule has 23 heavy (non-hydrogen) atoms. The molecule has 0 spiro atoms. The van der Waals surface area contributed by atoms with E-state index in [1.54, 1.807) is 14.2 Å². The van der Waals surface area contributed by atoms with Gasteiger partial charge in [-0.25, -0.2) is 10.4 Å². The number of rotatable bonds is 5. The molecule has 3 rings (SSSR count). The van der Waals surface area contributed by atoms with Crippen molar-refractivity contribution >= 4 is 22.7 Å². The van der Waals surface area contributed by atoms with Gasteiger partial charge in [-0.15, -0.1) is 0 Å². The molecule has 0 atom stereocenters. The molecule has 0 aliphatic heterocycles. The largest absolute Gasteiger partial charge is 0.497 e. The van der Waals surface area contributed by atoms with Gasteiger partial charge in [-0.05, 0) is 31.2 Å². The first-order valence-corrected chi connectivity index (χ1v) is 7.18. The minimum Gasteiger partial charge on any atom is -0.497 e. The van der Waals surface area contributed by atoms with Gasteiger partial charge in [0.25, 0.3) is 0 Å². The van der Waals surface area contributed by atoms with Gasteiger partial charge in [-0.2, -0.15) is 5.10 Å². The minimum absolute atomic E-state index is 0.595. The number of anilines is 1. The van der Waals surface area contributed by atoms with E-state index in [0.717, 1.165) is 28.1 Å². The van der Waals surface area contributed by atoms with Crippen molar-refractivity contribution in [2.45, 2.75) is 6.92 Å². The van der Waals surface area contributed by atoms with Crippen LogP contribution in [0.5, 0.6) is 11.5 Å². The molecule has 0 saturated heterocycles. The lowest BCUT2D eigenvalue weighted by molar-refractivity contribution is 0.394. The third kappa shape index (κ3) is 3.11. The van der Waals surface area contributed by atoms with E-state index < -0.39 is 0 Å². The number of nitrogens with zero attached hydrogens (tertiary/aromatic N) is 2. The molecule has 0 saturated carbocycles. The number of fused-ring (bicyclic) bond motifs is 1. The third-order valence-electron chi connectivity index (χ3n) is 3.52. The summed E-state index contributed by atoms with van der Waals surface area (Å²) < 4.78 is 10.6. The summed E-state index contributed by atoms with van der Waals surface area (Å²) in [5, 5.41) is 4.38. The predicted molar refractivity (Wildman–Crippen MR) is 91.5 cm³/mol. The van der Waals surface area contributed by atoms with Crippen molar-refractivity contribution in [2.75, 3.05) is 19.6 Å². The minimum atomic E-state index is 0.595. The number of para-hydroxylation sites is 2. The van der Waals surface area contributed by atoms with Crippen molar-refractivity contribution in [3.8, 4) is 11.5 Å². The van der Waals surface area contributed by atoms with Gasteiger partial charge in [-0.1, -0.05) is 12.1 Å². The Morgan fingerprint density at radius 1 is 1.13 bits per heavy atom. The van der Waals surface area contributed by atoms with Crippen molar-refractivity contribution in [3.05, 3.63) is 48.0 Å².